The molecule has 0 spiro atoms. The van der Waals surface area contributed by atoms with Gasteiger partial charge < -0.3 is 11.5 Å². The lowest BCUT2D eigenvalue weighted by atomic mass is 10.1. The van der Waals surface area contributed by atoms with E-state index in [2.05, 4.69) is 22.4 Å². The highest BCUT2D eigenvalue weighted by Gasteiger charge is 2.09. The van der Waals surface area contributed by atoms with Crippen LogP contribution in [0.4, 0.5) is 22.7 Å². The smallest absolute Gasteiger partial charge is 0.118 e. The summed E-state index contributed by atoms with van der Waals surface area (Å²) in [6.07, 6.45) is 0. The van der Waals surface area contributed by atoms with Crippen molar-refractivity contribution in [2.75, 3.05) is 11.5 Å². The quantitative estimate of drug-likeness (QED) is 0.375. The molecule has 4 N–H and O–H groups in total. The fourth-order valence-corrected chi connectivity index (χ4v) is 2.87. The minimum absolute atomic E-state index is 0.456. The molecule has 0 atom stereocenters. The molecule has 0 aliphatic heterocycles. The molecule has 0 bridgehead atoms. The maximum Gasteiger partial charge on any atom is 0.118 e. The van der Waals surface area contributed by atoms with Gasteiger partial charge in [0.15, 0.2) is 0 Å². The Balaban J connectivity index is 1.90. The van der Waals surface area contributed by atoms with Crippen LogP contribution < -0.4 is 11.5 Å². The van der Waals surface area contributed by atoms with E-state index in [9.17, 15) is 0 Å². The number of azo groups is 1. The van der Waals surface area contributed by atoms with Crippen LogP contribution in [0.5, 0.6) is 0 Å². The van der Waals surface area contributed by atoms with Gasteiger partial charge in [0.1, 0.15) is 5.69 Å². The van der Waals surface area contributed by atoms with Gasteiger partial charge in [-0.1, -0.05) is 60.7 Å². The Kier molecular flexibility index (Phi) is 3.35. The third-order valence-electron chi connectivity index (χ3n) is 4.12. The van der Waals surface area contributed by atoms with E-state index < -0.39 is 0 Å². The maximum atomic E-state index is 6.15. The van der Waals surface area contributed by atoms with Crippen LogP contribution in [0.2, 0.25) is 0 Å². The van der Waals surface area contributed by atoms with E-state index in [0.717, 1.165) is 27.2 Å². The summed E-state index contributed by atoms with van der Waals surface area (Å²) in [6.45, 7) is 0. The number of nitrogen functional groups attached to an aromatic ring is 2. The average Bonchev–Trinajstić information content (AvgIpc) is 2.62. The number of rotatable bonds is 2. The van der Waals surface area contributed by atoms with E-state index in [1.807, 2.05) is 60.7 Å². The number of nitrogens with zero attached hydrogens (tertiary/aromatic N) is 2. The van der Waals surface area contributed by atoms with Crippen LogP contribution in [0.25, 0.3) is 21.5 Å². The molecule has 4 aromatic rings. The predicted molar refractivity (Wildman–Crippen MR) is 101 cm³/mol. The van der Waals surface area contributed by atoms with Crippen molar-refractivity contribution in [1.29, 1.82) is 0 Å². The van der Waals surface area contributed by atoms with Crippen molar-refractivity contribution in [2.45, 2.75) is 0 Å². The first-order valence-electron chi connectivity index (χ1n) is 7.70. The van der Waals surface area contributed by atoms with E-state index in [1.165, 1.54) is 0 Å². The van der Waals surface area contributed by atoms with E-state index in [-0.39, 0.29) is 0 Å². The summed E-state index contributed by atoms with van der Waals surface area (Å²) in [4.78, 5) is 0. The zero-order chi connectivity index (χ0) is 16.5. The van der Waals surface area contributed by atoms with Crippen LogP contribution in [-0.4, -0.2) is 0 Å². The number of anilines is 2. The van der Waals surface area contributed by atoms with Gasteiger partial charge in [0.25, 0.3) is 0 Å². The minimum atomic E-state index is 0.456. The van der Waals surface area contributed by atoms with Crippen molar-refractivity contribution in [1.82, 2.24) is 0 Å². The highest BCUT2D eigenvalue weighted by Crippen LogP contribution is 2.38. The van der Waals surface area contributed by atoms with Crippen LogP contribution >= 0.6 is 0 Å². The number of nitrogens with two attached hydrogens (primary N) is 2. The standard InChI is InChI=1S/C20H16N4/c21-17-12-14-7-2-4-10-16(14)20(19(17)22)24-23-18-11-5-8-13-6-1-3-9-15(13)18/h1-12H,21-22H2. The molecule has 0 aliphatic rings. The molecule has 0 aliphatic carbocycles. The normalized spacial score (nSPS) is 11.5. The van der Waals surface area contributed by atoms with Crippen LogP contribution in [0.1, 0.15) is 0 Å². The van der Waals surface area contributed by atoms with Gasteiger partial charge in [0, 0.05) is 10.8 Å². The van der Waals surface area contributed by atoms with E-state index in [4.69, 9.17) is 11.5 Å². The fourth-order valence-electron chi connectivity index (χ4n) is 2.87. The summed E-state index contributed by atoms with van der Waals surface area (Å²) < 4.78 is 0. The molecule has 0 heterocycles. The SMILES string of the molecule is Nc1cc2ccccc2c(N=Nc2cccc3ccccc23)c1N. The van der Waals surface area contributed by atoms with Gasteiger partial charge in [-0.15, -0.1) is 10.2 Å². The monoisotopic (exact) mass is 312 g/mol. The molecular weight excluding hydrogens is 296 g/mol. The molecule has 0 radical (unpaired) electrons. The lowest BCUT2D eigenvalue weighted by molar-refractivity contribution is 1.25. The molecule has 4 heteroatoms. The number of hydrogen-bond acceptors (Lipinski definition) is 4. The summed E-state index contributed by atoms with van der Waals surface area (Å²) in [6, 6.07) is 23.8. The fraction of sp³-hybridized carbons (Fsp3) is 0. The van der Waals surface area contributed by atoms with Gasteiger partial charge in [0.05, 0.1) is 17.1 Å². The molecule has 24 heavy (non-hydrogen) atoms. The molecule has 0 saturated carbocycles. The van der Waals surface area contributed by atoms with Crippen LogP contribution in [0.15, 0.2) is 83.0 Å². The minimum Gasteiger partial charge on any atom is -0.397 e. The molecule has 0 unspecified atom stereocenters. The first-order chi connectivity index (χ1) is 11.7. The first-order valence-corrected chi connectivity index (χ1v) is 7.70. The first kappa shape index (κ1) is 14.2. The van der Waals surface area contributed by atoms with Gasteiger partial charge >= 0.3 is 0 Å². The van der Waals surface area contributed by atoms with Crippen LogP contribution in [0, 0.1) is 0 Å². The number of fused-ring (bicyclic) bond motifs is 2. The van der Waals surface area contributed by atoms with Crippen molar-refractivity contribution >= 4 is 44.3 Å². The van der Waals surface area contributed by atoms with Gasteiger partial charge in [-0.05, 0) is 22.9 Å². The number of benzene rings is 4. The van der Waals surface area contributed by atoms with E-state index in [1.54, 1.807) is 0 Å². The van der Waals surface area contributed by atoms with Gasteiger partial charge in [-0.3, -0.25) is 0 Å². The van der Waals surface area contributed by atoms with Crippen molar-refractivity contribution < 1.29 is 0 Å². The Bertz CT molecular complexity index is 1080. The average molecular weight is 312 g/mol. The third-order valence-corrected chi connectivity index (χ3v) is 4.12. The zero-order valence-corrected chi connectivity index (χ0v) is 13.0. The molecule has 4 nitrogen and oxygen atoms in total. The lowest BCUT2D eigenvalue weighted by Gasteiger charge is -2.08. The van der Waals surface area contributed by atoms with Crippen LogP contribution in [-0.2, 0) is 0 Å². The lowest BCUT2D eigenvalue weighted by Crippen LogP contribution is -1.95. The Morgan fingerprint density at radius 3 is 2.12 bits per heavy atom. The van der Waals surface area contributed by atoms with Gasteiger partial charge in [-0.2, -0.15) is 0 Å². The summed E-state index contributed by atoms with van der Waals surface area (Å²) in [7, 11) is 0. The molecule has 4 rings (SSSR count). The van der Waals surface area contributed by atoms with Crippen molar-refractivity contribution in [2.24, 2.45) is 10.2 Å². The molecule has 0 amide bonds. The molecule has 0 fully saturated rings. The second-order valence-corrected chi connectivity index (χ2v) is 5.65. The Labute approximate surface area is 139 Å². The number of hydrogen-bond donors (Lipinski definition) is 2. The maximum absolute atomic E-state index is 6.15. The van der Waals surface area contributed by atoms with Crippen molar-refractivity contribution in [3.63, 3.8) is 0 Å². The highest BCUT2D eigenvalue weighted by atomic mass is 15.1. The van der Waals surface area contributed by atoms with Crippen molar-refractivity contribution in [3.8, 4) is 0 Å². The van der Waals surface area contributed by atoms with Gasteiger partial charge in [-0.25, -0.2) is 0 Å². The molecule has 116 valence electrons. The Morgan fingerprint density at radius 2 is 1.29 bits per heavy atom. The van der Waals surface area contributed by atoms with Crippen LogP contribution in [0.3, 0.4) is 0 Å². The molecule has 0 saturated heterocycles. The van der Waals surface area contributed by atoms with Gasteiger partial charge in [0.2, 0.25) is 0 Å². The molecular formula is C20H16N4. The second kappa shape index (κ2) is 5.66. The second-order valence-electron chi connectivity index (χ2n) is 5.65. The summed E-state index contributed by atoms with van der Waals surface area (Å²) in [5.74, 6) is 0. The Hall–Kier alpha value is -3.40. The zero-order valence-electron chi connectivity index (χ0n) is 13.0. The molecule has 0 aromatic heterocycles. The summed E-state index contributed by atoms with van der Waals surface area (Å²) >= 11 is 0. The van der Waals surface area contributed by atoms with E-state index >= 15 is 0 Å². The largest absolute Gasteiger partial charge is 0.397 e. The summed E-state index contributed by atoms with van der Waals surface area (Å²) in [5.41, 5.74) is 14.6. The third kappa shape index (κ3) is 2.34. The predicted octanol–water partition coefficient (Wildman–Crippen LogP) is 5.57. The Morgan fingerprint density at radius 1 is 0.625 bits per heavy atom. The highest BCUT2D eigenvalue weighted by molar-refractivity contribution is 6.02. The summed E-state index contributed by atoms with van der Waals surface area (Å²) in [5, 5.41) is 13.0. The topological polar surface area (TPSA) is 76.8 Å². The van der Waals surface area contributed by atoms with E-state index in [0.29, 0.717) is 17.1 Å². The molecule has 4 aromatic carbocycles. The van der Waals surface area contributed by atoms with Crippen molar-refractivity contribution in [3.05, 3.63) is 72.8 Å².